The molecule has 2 aromatic rings. The first kappa shape index (κ1) is 13.6. The third kappa shape index (κ3) is 3.57. The number of aryl methyl sites for hydroxylation is 1. The van der Waals surface area contributed by atoms with Crippen molar-refractivity contribution in [1.82, 2.24) is 9.97 Å². The second-order valence-corrected chi connectivity index (χ2v) is 4.76. The lowest BCUT2D eigenvalue weighted by molar-refractivity contribution is 0.101. The summed E-state index contributed by atoms with van der Waals surface area (Å²) in [6.45, 7) is 1.81. The van der Waals surface area contributed by atoms with Crippen molar-refractivity contribution in [3.8, 4) is 0 Å². The average Bonchev–Trinajstić information content (AvgIpc) is 2.36. The molecule has 1 aromatic carbocycles. The highest BCUT2D eigenvalue weighted by molar-refractivity contribution is 7.99. The van der Waals surface area contributed by atoms with Gasteiger partial charge in [-0.25, -0.2) is 18.7 Å². The zero-order valence-corrected chi connectivity index (χ0v) is 10.9. The minimum absolute atomic E-state index is 0.00596. The van der Waals surface area contributed by atoms with E-state index in [1.807, 2.05) is 6.92 Å². The predicted octanol–water partition coefficient (Wildman–Crippen LogP) is 3.04. The van der Waals surface area contributed by atoms with Crippen LogP contribution in [0.25, 0.3) is 0 Å². The van der Waals surface area contributed by atoms with E-state index in [2.05, 4.69) is 9.97 Å². The molecule has 1 aromatic heterocycles. The SMILES string of the molecule is Cc1ccnc(SCC(=O)c2ccc(F)cc2F)n1. The molecule has 0 saturated carbocycles. The van der Waals surface area contributed by atoms with Crippen LogP contribution in [0.4, 0.5) is 8.78 Å². The van der Waals surface area contributed by atoms with Crippen LogP contribution in [-0.4, -0.2) is 21.5 Å². The maximum Gasteiger partial charge on any atom is 0.188 e. The van der Waals surface area contributed by atoms with Gasteiger partial charge in [-0.15, -0.1) is 0 Å². The number of halogens is 2. The van der Waals surface area contributed by atoms with Gasteiger partial charge in [-0.3, -0.25) is 4.79 Å². The lowest BCUT2D eigenvalue weighted by Gasteiger charge is -2.02. The van der Waals surface area contributed by atoms with Gasteiger partial charge in [0.15, 0.2) is 10.9 Å². The van der Waals surface area contributed by atoms with Crippen molar-refractivity contribution in [2.24, 2.45) is 0 Å². The molecular formula is C13H10F2N2OS. The average molecular weight is 280 g/mol. The van der Waals surface area contributed by atoms with E-state index in [-0.39, 0.29) is 11.3 Å². The third-order valence-electron chi connectivity index (χ3n) is 2.34. The van der Waals surface area contributed by atoms with Gasteiger partial charge in [0.1, 0.15) is 11.6 Å². The standard InChI is InChI=1S/C13H10F2N2OS/c1-8-4-5-16-13(17-8)19-7-12(18)10-3-2-9(14)6-11(10)15/h2-6H,7H2,1H3. The van der Waals surface area contributed by atoms with Crippen molar-refractivity contribution in [2.75, 3.05) is 5.75 Å². The molecule has 2 rings (SSSR count). The van der Waals surface area contributed by atoms with Crippen LogP contribution in [0.1, 0.15) is 16.1 Å². The van der Waals surface area contributed by atoms with Crippen LogP contribution in [0.2, 0.25) is 0 Å². The zero-order chi connectivity index (χ0) is 13.8. The summed E-state index contributed by atoms with van der Waals surface area (Å²) in [4.78, 5) is 19.9. The van der Waals surface area contributed by atoms with Gasteiger partial charge in [0.2, 0.25) is 0 Å². The van der Waals surface area contributed by atoms with Crippen molar-refractivity contribution < 1.29 is 13.6 Å². The summed E-state index contributed by atoms with van der Waals surface area (Å²) in [5, 5.41) is 0.455. The first-order valence-corrected chi connectivity index (χ1v) is 6.45. The summed E-state index contributed by atoms with van der Waals surface area (Å²) >= 11 is 1.12. The van der Waals surface area contributed by atoms with E-state index < -0.39 is 17.4 Å². The van der Waals surface area contributed by atoms with Gasteiger partial charge in [0, 0.05) is 18.0 Å². The molecule has 3 nitrogen and oxygen atoms in total. The number of ketones is 1. The zero-order valence-electron chi connectivity index (χ0n) is 10.1. The maximum atomic E-state index is 13.4. The van der Waals surface area contributed by atoms with Gasteiger partial charge < -0.3 is 0 Å². The second-order valence-electron chi connectivity index (χ2n) is 3.82. The Bertz CT molecular complexity index is 619. The number of Topliss-reactive ketones (excluding diaryl/α,β-unsaturated/α-hetero) is 1. The Balaban J connectivity index is 2.05. The Hall–Kier alpha value is -1.82. The quantitative estimate of drug-likeness (QED) is 0.490. The molecule has 0 aliphatic rings. The molecule has 0 atom stereocenters. The Morgan fingerprint density at radius 2 is 2.11 bits per heavy atom. The fraction of sp³-hybridized carbons (Fsp3) is 0.154. The van der Waals surface area contributed by atoms with Crippen molar-refractivity contribution in [3.05, 3.63) is 53.4 Å². The molecule has 0 aliphatic heterocycles. The van der Waals surface area contributed by atoms with E-state index in [4.69, 9.17) is 0 Å². The van der Waals surface area contributed by atoms with Crippen molar-refractivity contribution >= 4 is 17.5 Å². The number of benzene rings is 1. The molecule has 0 spiro atoms. The molecule has 6 heteroatoms. The lowest BCUT2D eigenvalue weighted by Crippen LogP contribution is -2.06. The molecule has 0 bridgehead atoms. The molecule has 0 unspecified atom stereocenters. The molecular weight excluding hydrogens is 270 g/mol. The molecule has 0 saturated heterocycles. The smallest absolute Gasteiger partial charge is 0.188 e. The van der Waals surface area contributed by atoms with Gasteiger partial charge >= 0.3 is 0 Å². The highest BCUT2D eigenvalue weighted by atomic mass is 32.2. The summed E-state index contributed by atoms with van der Waals surface area (Å²) in [5.74, 6) is -1.97. The maximum absolute atomic E-state index is 13.4. The number of carbonyl (C=O) groups is 1. The third-order valence-corrected chi connectivity index (χ3v) is 3.20. The number of thioether (sulfide) groups is 1. The predicted molar refractivity (Wildman–Crippen MR) is 68.2 cm³/mol. The Kier molecular flexibility index (Phi) is 4.21. The molecule has 0 fully saturated rings. The van der Waals surface area contributed by atoms with Crippen LogP contribution in [0, 0.1) is 18.6 Å². The summed E-state index contributed by atoms with van der Waals surface area (Å²) in [7, 11) is 0. The topological polar surface area (TPSA) is 42.9 Å². The number of nitrogens with zero attached hydrogens (tertiary/aromatic N) is 2. The molecule has 0 amide bonds. The highest BCUT2D eigenvalue weighted by Crippen LogP contribution is 2.17. The summed E-state index contributed by atoms with van der Waals surface area (Å²) < 4.78 is 26.1. The minimum atomic E-state index is -0.851. The molecule has 19 heavy (non-hydrogen) atoms. The number of hydrogen-bond donors (Lipinski definition) is 0. The fourth-order valence-corrected chi connectivity index (χ4v) is 2.18. The Labute approximate surface area is 113 Å². The van der Waals surface area contributed by atoms with Crippen LogP contribution in [-0.2, 0) is 0 Å². The fourth-order valence-electron chi connectivity index (χ4n) is 1.42. The van der Waals surface area contributed by atoms with Crippen LogP contribution in [0.3, 0.4) is 0 Å². The van der Waals surface area contributed by atoms with Crippen LogP contribution < -0.4 is 0 Å². The van der Waals surface area contributed by atoms with Crippen LogP contribution in [0.15, 0.2) is 35.6 Å². The van der Waals surface area contributed by atoms with Gasteiger partial charge in [0.25, 0.3) is 0 Å². The van der Waals surface area contributed by atoms with Gasteiger partial charge in [0.05, 0.1) is 11.3 Å². The first-order chi connectivity index (χ1) is 9.06. The number of hydrogen-bond acceptors (Lipinski definition) is 4. The molecule has 1 heterocycles. The molecule has 0 radical (unpaired) electrons. The number of aromatic nitrogens is 2. The number of rotatable bonds is 4. The van der Waals surface area contributed by atoms with E-state index in [1.54, 1.807) is 12.3 Å². The molecule has 98 valence electrons. The van der Waals surface area contributed by atoms with Crippen molar-refractivity contribution in [2.45, 2.75) is 12.1 Å². The highest BCUT2D eigenvalue weighted by Gasteiger charge is 2.13. The van der Waals surface area contributed by atoms with Gasteiger partial charge in [-0.2, -0.15) is 0 Å². The Morgan fingerprint density at radius 3 is 2.79 bits per heavy atom. The monoisotopic (exact) mass is 280 g/mol. The van der Waals surface area contributed by atoms with Crippen molar-refractivity contribution in [3.63, 3.8) is 0 Å². The summed E-state index contributed by atoms with van der Waals surface area (Å²) in [5.41, 5.74) is 0.666. The number of carbonyl (C=O) groups excluding carboxylic acids is 1. The van der Waals surface area contributed by atoms with E-state index >= 15 is 0 Å². The van der Waals surface area contributed by atoms with Gasteiger partial charge in [-0.1, -0.05) is 11.8 Å². The normalized spacial score (nSPS) is 10.5. The van der Waals surface area contributed by atoms with E-state index in [0.717, 1.165) is 29.6 Å². The van der Waals surface area contributed by atoms with Gasteiger partial charge in [-0.05, 0) is 25.1 Å². The van der Waals surface area contributed by atoms with Crippen molar-refractivity contribution in [1.29, 1.82) is 0 Å². The van der Waals surface area contributed by atoms with E-state index in [0.29, 0.717) is 11.2 Å². The summed E-state index contributed by atoms with van der Waals surface area (Å²) in [6, 6.07) is 4.64. The largest absolute Gasteiger partial charge is 0.293 e. The van der Waals surface area contributed by atoms with E-state index in [9.17, 15) is 13.6 Å². The lowest BCUT2D eigenvalue weighted by atomic mass is 10.1. The van der Waals surface area contributed by atoms with Crippen LogP contribution in [0.5, 0.6) is 0 Å². The van der Waals surface area contributed by atoms with Crippen LogP contribution >= 0.6 is 11.8 Å². The summed E-state index contributed by atoms with van der Waals surface area (Å²) in [6.07, 6.45) is 1.59. The first-order valence-electron chi connectivity index (χ1n) is 5.47. The minimum Gasteiger partial charge on any atom is -0.293 e. The Morgan fingerprint density at radius 1 is 1.32 bits per heavy atom. The second kappa shape index (κ2) is 5.88. The molecule has 0 aliphatic carbocycles. The van der Waals surface area contributed by atoms with E-state index in [1.165, 1.54) is 0 Å². The molecule has 0 N–H and O–H groups in total.